The zero-order valence-electron chi connectivity index (χ0n) is 17.2. The van der Waals surface area contributed by atoms with E-state index in [1.54, 1.807) is 6.07 Å². The van der Waals surface area contributed by atoms with Crippen LogP contribution in [-0.4, -0.2) is 23.6 Å². The molecule has 0 unspecified atom stereocenters. The molecular formula is C26H23NO4. The molecular weight excluding hydrogens is 390 g/mol. The van der Waals surface area contributed by atoms with E-state index >= 15 is 0 Å². The second-order valence-electron chi connectivity index (χ2n) is 7.48. The number of rotatable bonds is 7. The minimum Gasteiger partial charge on any atom is -0.481 e. The molecule has 3 aromatic carbocycles. The molecule has 0 heterocycles. The number of primary amides is 1. The molecule has 3 aromatic rings. The zero-order valence-corrected chi connectivity index (χ0v) is 17.2. The summed E-state index contributed by atoms with van der Waals surface area (Å²) in [6.45, 7) is 1.69. The van der Waals surface area contributed by atoms with E-state index in [0.29, 0.717) is 5.75 Å². The molecule has 5 nitrogen and oxygen atoms in total. The molecule has 5 heteroatoms. The highest BCUT2D eigenvalue weighted by Crippen LogP contribution is 2.38. The summed E-state index contributed by atoms with van der Waals surface area (Å²) >= 11 is 0. The molecule has 0 saturated carbocycles. The quantitative estimate of drug-likeness (QED) is 0.598. The summed E-state index contributed by atoms with van der Waals surface area (Å²) in [7, 11) is 0. The van der Waals surface area contributed by atoms with Crippen molar-refractivity contribution in [2.24, 2.45) is 5.73 Å². The standard InChI is InChI=1S/C26H23NO4/c1-2-19-18(14-25(27)28)12-16-6-3-4-7-21(16)23(19)13-17-10-11-22-20(17)8-5-9-24(22)31-15-26(29)30/h3-13H,2,14-15H2,1H3,(H2,27,28)(H,29,30). The highest BCUT2D eigenvalue weighted by Gasteiger charge is 2.18. The predicted molar refractivity (Wildman–Crippen MR) is 123 cm³/mol. The van der Waals surface area contributed by atoms with Crippen molar-refractivity contribution in [2.45, 2.75) is 19.8 Å². The Morgan fingerprint density at radius 1 is 1.10 bits per heavy atom. The van der Waals surface area contributed by atoms with Crippen LogP contribution in [-0.2, 0) is 22.4 Å². The summed E-state index contributed by atoms with van der Waals surface area (Å²) in [5.74, 6) is -0.821. The second-order valence-corrected chi connectivity index (χ2v) is 7.48. The summed E-state index contributed by atoms with van der Waals surface area (Å²) < 4.78 is 5.46. The van der Waals surface area contributed by atoms with Gasteiger partial charge >= 0.3 is 5.97 Å². The fourth-order valence-electron chi connectivity index (χ4n) is 4.18. The number of fused-ring (bicyclic) bond motifs is 2. The maximum absolute atomic E-state index is 11.7. The lowest BCUT2D eigenvalue weighted by molar-refractivity contribution is -0.139. The molecule has 3 N–H and O–H groups in total. The van der Waals surface area contributed by atoms with Crippen LogP contribution in [0.25, 0.3) is 28.5 Å². The van der Waals surface area contributed by atoms with Crippen molar-refractivity contribution in [3.8, 4) is 5.75 Å². The van der Waals surface area contributed by atoms with Crippen molar-refractivity contribution in [1.29, 1.82) is 0 Å². The molecule has 156 valence electrons. The lowest BCUT2D eigenvalue weighted by Crippen LogP contribution is -2.15. The van der Waals surface area contributed by atoms with E-state index in [0.717, 1.165) is 50.6 Å². The monoisotopic (exact) mass is 413 g/mol. The number of benzene rings is 3. The fourth-order valence-corrected chi connectivity index (χ4v) is 4.18. The van der Waals surface area contributed by atoms with E-state index in [2.05, 4.69) is 25.1 Å². The van der Waals surface area contributed by atoms with Gasteiger partial charge in [0.1, 0.15) is 5.75 Å². The fraction of sp³-hybridized carbons (Fsp3) is 0.154. The van der Waals surface area contributed by atoms with Crippen LogP contribution >= 0.6 is 0 Å². The van der Waals surface area contributed by atoms with Crippen LogP contribution in [0.15, 0.2) is 54.6 Å². The van der Waals surface area contributed by atoms with Gasteiger partial charge in [0.2, 0.25) is 5.91 Å². The van der Waals surface area contributed by atoms with Gasteiger partial charge in [0.25, 0.3) is 0 Å². The average molecular weight is 413 g/mol. The van der Waals surface area contributed by atoms with Crippen LogP contribution in [0, 0.1) is 0 Å². The minimum absolute atomic E-state index is 0.198. The highest BCUT2D eigenvalue weighted by atomic mass is 16.5. The van der Waals surface area contributed by atoms with Gasteiger partial charge in [0.05, 0.1) is 6.42 Å². The molecule has 0 atom stereocenters. The molecule has 31 heavy (non-hydrogen) atoms. The molecule has 1 aliphatic rings. The van der Waals surface area contributed by atoms with Gasteiger partial charge in [0, 0.05) is 5.56 Å². The van der Waals surface area contributed by atoms with E-state index in [-0.39, 0.29) is 18.9 Å². The number of nitrogens with two attached hydrogens (primary N) is 1. The van der Waals surface area contributed by atoms with Crippen molar-refractivity contribution in [3.05, 3.63) is 82.4 Å². The van der Waals surface area contributed by atoms with Gasteiger partial charge < -0.3 is 15.6 Å². The highest BCUT2D eigenvalue weighted by molar-refractivity contribution is 6.04. The van der Waals surface area contributed by atoms with E-state index < -0.39 is 5.97 Å². The molecule has 0 spiro atoms. The van der Waals surface area contributed by atoms with Gasteiger partial charge in [-0.1, -0.05) is 61.5 Å². The summed E-state index contributed by atoms with van der Waals surface area (Å²) in [5.41, 5.74) is 11.5. The number of carbonyl (C=O) groups excluding carboxylic acids is 1. The van der Waals surface area contributed by atoms with Gasteiger partial charge in [0.15, 0.2) is 6.61 Å². The van der Waals surface area contributed by atoms with Crippen molar-refractivity contribution >= 4 is 40.4 Å². The van der Waals surface area contributed by atoms with Gasteiger partial charge in [-0.15, -0.1) is 0 Å². The summed E-state index contributed by atoms with van der Waals surface area (Å²) in [6, 6.07) is 15.8. The normalized spacial score (nSPS) is 13.5. The molecule has 0 radical (unpaired) electrons. The van der Waals surface area contributed by atoms with Crippen LogP contribution in [0.1, 0.15) is 34.7 Å². The number of carboxylic acid groups (broad SMARTS) is 1. The first-order valence-corrected chi connectivity index (χ1v) is 10.2. The Kier molecular flexibility index (Phi) is 5.58. The minimum atomic E-state index is -1.01. The number of allylic oxidation sites excluding steroid dienone is 2. The average Bonchev–Trinajstić information content (AvgIpc) is 3.15. The van der Waals surface area contributed by atoms with E-state index in [1.807, 2.05) is 42.5 Å². The number of carboxylic acids is 1. The molecule has 1 amide bonds. The maximum Gasteiger partial charge on any atom is 0.341 e. The number of aliphatic carboxylic acids is 1. The third kappa shape index (κ3) is 4.08. The number of hydrogen-bond donors (Lipinski definition) is 2. The topological polar surface area (TPSA) is 89.6 Å². The van der Waals surface area contributed by atoms with Gasteiger partial charge in [-0.25, -0.2) is 4.79 Å². The van der Waals surface area contributed by atoms with Gasteiger partial charge in [-0.2, -0.15) is 0 Å². The molecule has 0 aliphatic heterocycles. The third-order valence-electron chi connectivity index (χ3n) is 5.47. The van der Waals surface area contributed by atoms with Gasteiger partial charge in [-0.05, 0) is 57.2 Å². The predicted octanol–water partition coefficient (Wildman–Crippen LogP) is 4.46. The Labute approximate surface area is 180 Å². The lowest BCUT2D eigenvalue weighted by atomic mass is 9.89. The van der Waals surface area contributed by atoms with Crippen LogP contribution in [0.4, 0.5) is 0 Å². The van der Waals surface area contributed by atoms with Crippen LogP contribution in [0.3, 0.4) is 0 Å². The van der Waals surface area contributed by atoms with E-state index in [1.165, 1.54) is 0 Å². The Balaban J connectivity index is 1.87. The Bertz CT molecular complexity index is 1250. The van der Waals surface area contributed by atoms with Crippen LogP contribution in [0.2, 0.25) is 0 Å². The van der Waals surface area contributed by atoms with Crippen molar-refractivity contribution in [1.82, 2.24) is 0 Å². The Morgan fingerprint density at radius 3 is 2.65 bits per heavy atom. The van der Waals surface area contributed by atoms with Crippen LogP contribution < -0.4 is 10.5 Å². The first-order valence-electron chi connectivity index (χ1n) is 10.2. The molecule has 0 fully saturated rings. The van der Waals surface area contributed by atoms with Crippen molar-refractivity contribution < 1.29 is 19.4 Å². The van der Waals surface area contributed by atoms with E-state index in [4.69, 9.17) is 15.6 Å². The smallest absolute Gasteiger partial charge is 0.341 e. The number of hydrogen-bond acceptors (Lipinski definition) is 3. The maximum atomic E-state index is 11.7. The first-order chi connectivity index (χ1) is 15.0. The molecule has 4 rings (SSSR count). The van der Waals surface area contributed by atoms with Crippen molar-refractivity contribution in [3.63, 3.8) is 0 Å². The summed E-state index contributed by atoms with van der Waals surface area (Å²) in [5, 5.41) is 11.1. The van der Waals surface area contributed by atoms with Gasteiger partial charge in [-0.3, -0.25) is 4.79 Å². The van der Waals surface area contributed by atoms with Crippen molar-refractivity contribution in [2.75, 3.05) is 6.61 Å². The van der Waals surface area contributed by atoms with E-state index in [9.17, 15) is 9.59 Å². The molecule has 1 aliphatic carbocycles. The second kappa shape index (κ2) is 8.48. The zero-order chi connectivity index (χ0) is 22.0. The van der Waals surface area contributed by atoms with Crippen LogP contribution in [0.5, 0.6) is 5.75 Å². The molecule has 0 saturated heterocycles. The number of carbonyl (C=O) groups is 2. The summed E-state index contributed by atoms with van der Waals surface area (Å²) in [6.07, 6.45) is 7.05. The largest absolute Gasteiger partial charge is 0.481 e. The lowest BCUT2D eigenvalue weighted by Gasteiger charge is -2.15. The number of ether oxygens (including phenoxy) is 1. The Hall–Kier alpha value is -3.86. The first kappa shape index (κ1) is 20.4. The third-order valence-corrected chi connectivity index (χ3v) is 5.47. The Morgan fingerprint density at radius 2 is 1.90 bits per heavy atom. The number of amides is 1. The SMILES string of the molecule is CCc1c(CC(N)=O)cc2ccccc2c1C=C1C=Cc2c(OCC(=O)O)cccc21. The summed E-state index contributed by atoms with van der Waals surface area (Å²) in [4.78, 5) is 22.6. The molecule has 0 bridgehead atoms. The molecule has 0 aromatic heterocycles.